The summed E-state index contributed by atoms with van der Waals surface area (Å²) in [4.78, 5) is 12.4. The summed E-state index contributed by atoms with van der Waals surface area (Å²) >= 11 is 12.4. The van der Waals surface area contributed by atoms with Crippen LogP contribution in [-0.4, -0.2) is 24.2 Å². The Morgan fingerprint density at radius 2 is 2.00 bits per heavy atom. The van der Waals surface area contributed by atoms with Crippen molar-refractivity contribution in [1.29, 1.82) is 0 Å². The number of amides is 1. The van der Waals surface area contributed by atoms with E-state index in [1.165, 1.54) is 0 Å². The highest BCUT2D eigenvalue weighted by Gasteiger charge is 2.24. The van der Waals surface area contributed by atoms with E-state index in [1.807, 2.05) is 0 Å². The van der Waals surface area contributed by atoms with Crippen molar-refractivity contribution in [2.75, 3.05) is 13.1 Å². The second kappa shape index (κ2) is 7.63. The Kier molecular flexibility index (Phi) is 5.83. The van der Waals surface area contributed by atoms with Crippen LogP contribution in [0.4, 0.5) is 0 Å². The molecule has 0 spiro atoms. The van der Waals surface area contributed by atoms with Crippen LogP contribution < -0.4 is 11.1 Å². The third kappa shape index (κ3) is 3.61. The molecule has 1 aromatic carbocycles. The molecular weight excluding hydrogens is 325 g/mol. The molecule has 3 N–H and O–H groups in total. The Bertz CT molecular complexity index is 651. The van der Waals surface area contributed by atoms with Crippen LogP contribution in [0.25, 0.3) is 11.3 Å². The molecule has 1 aromatic heterocycles. The summed E-state index contributed by atoms with van der Waals surface area (Å²) in [5, 5.41) is 7.61. The fourth-order valence-corrected chi connectivity index (χ4v) is 2.67. The number of halogens is 2. The number of aromatic nitrogens is 1. The maximum Gasteiger partial charge on any atom is 0.257 e. The summed E-state index contributed by atoms with van der Waals surface area (Å²) in [5.41, 5.74) is 6.63. The summed E-state index contributed by atoms with van der Waals surface area (Å²) in [6, 6.07) is 5.11. The van der Waals surface area contributed by atoms with Gasteiger partial charge in [-0.2, -0.15) is 0 Å². The van der Waals surface area contributed by atoms with Crippen LogP contribution in [0.15, 0.2) is 22.7 Å². The summed E-state index contributed by atoms with van der Waals surface area (Å²) in [5.74, 6) is 0.157. The maximum absolute atomic E-state index is 12.4. The minimum absolute atomic E-state index is 0.262. The molecule has 0 unspecified atom stereocenters. The lowest BCUT2D eigenvalue weighted by atomic mass is 10.1. The zero-order chi connectivity index (χ0) is 16.1. The Hall–Kier alpha value is -1.56. The summed E-state index contributed by atoms with van der Waals surface area (Å²) in [6.45, 7) is 2.81. The van der Waals surface area contributed by atoms with E-state index >= 15 is 0 Å². The second-order valence-corrected chi connectivity index (χ2v) is 5.63. The number of carbonyl (C=O) groups is 1. The minimum Gasteiger partial charge on any atom is -0.360 e. The number of unbranched alkanes of at least 4 members (excludes halogenated alkanes) is 1. The van der Waals surface area contributed by atoms with Gasteiger partial charge in [-0.3, -0.25) is 4.79 Å². The van der Waals surface area contributed by atoms with Gasteiger partial charge in [-0.1, -0.05) is 34.4 Å². The number of aryl methyl sites for hydroxylation is 1. The second-order valence-electron chi connectivity index (χ2n) is 4.81. The lowest BCUT2D eigenvalue weighted by Crippen LogP contribution is -2.25. The van der Waals surface area contributed by atoms with Crippen molar-refractivity contribution in [2.45, 2.75) is 19.8 Å². The third-order valence-corrected chi connectivity index (χ3v) is 3.84. The van der Waals surface area contributed by atoms with E-state index in [-0.39, 0.29) is 5.91 Å². The molecule has 2 rings (SSSR count). The van der Waals surface area contributed by atoms with Crippen molar-refractivity contribution in [2.24, 2.45) is 5.73 Å². The third-order valence-electron chi connectivity index (χ3n) is 3.21. The topological polar surface area (TPSA) is 81.2 Å². The molecule has 118 valence electrons. The molecule has 0 saturated carbocycles. The van der Waals surface area contributed by atoms with Gasteiger partial charge in [0.2, 0.25) is 0 Å². The fourth-order valence-electron chi connectivity index (χ4n) is 2.09. The largest absolute Gasteiger partial charge is 0.360 e. The van der Waals surface area contributed by atoms with Crippen molar-refractivity contribution in [3.05, 3.63) is 39.6 Å². The van der Waals surface area contributed by atoms with E-state index in [0.29, 0.717) is 45.7 Å². The van der Waals surface area contributed by atoms with Gasteiger partial charge < -0.3 is 15.6 Å². The maximum atomic E-state index is 12.4. The van der Waals surface area contributed by atoms with Crippen LogP contribution in [0.5, 0.6) is 0 Å². The Balaban J connectivity index is 2.30. The van der Waals surface area contributed by atoms with Gasteiger partial charge in [0, 0.05) is 12.1 Å². The monoisotopic (exact) mass is 341 g/mol. The number of benzene rings is 1. The molecule has 2 aromatic rings. The van der Waals surface area contributed by atoms with E-state index in [1.54, 1.807) is 25.1 Å². The molecule has 1 heterocycles. The normalized spacial score (nSPS) is 10.7. The standard InChI is InChI=1S/C15H17Cl2N3O2/c1-9-12(15(21)19-8-3-2-7-18)14(20-22-9)13-10(16)5-4-6-11(13)17/h4-6H,2-3,7-8,18H2,1H3,(H,19,21). The van der Waals surface area contributed by atoms with E-state index in [4.69, 9.17) is 33.5 Å². The van der Waals surface area contributed by atoms with Crippen LogP contribution in [0.2, 0.25) is 10.0 Å². The Morgan fingerprint density at radius 3 is 2.64 bits per heavy atom. The SMILES string of the molecule is Cc1onc(-c2c(Cl)cccc2Cl)c1C(=O)NCCCCN. The summed E-state index contributed by atoms with van der Waals surface area (Å²) in [7, 11) is 0. The lowest BCUT2D eigenvalue weighted by molar-refractivity contribution is 0.0952. The van der Waals surface area contributed by atoms with Crippen LogP contribution in [0, 0.1) is 6.92 Å². The Morgan fingerprint density at radius 1 is 1.32 bits per heavy atom. The van der Waals surface area contributed by atoms with Crippen molar-refractivity contribution >= 4 is 29.1 Å². The van der Waals surface area contributed by atoms with Gasteiger partial charge in [-0.25, -0.2) is 0 Å². The van der Waals surface area contributed by atoms with Crippen LogP contribution in [-0.2, 0) is 0 Å². The number of hydrogen-bond donors (Lipinski definition) is 2. The Labute approximate surface area is 138 Å². The number of nitrogens with two attached hydrogens (primary N) is 1. The number of carbonyl (C=O) groups excluding carboxylic acids is 1. The van der Waals surface area contributed by atoms with Crippen LogP contribution >= 0.6 is 23.2 Å². The zero-order valence-corrected chi connectivity index (χ0v) is 13.7. The molecule has 0 fully saturated rings. The van der Waals surface area contributed by atoms with Crippen molar-refractivity contribution < 1.29 is 9.32 Å². The van der Waals surface area contributed by atoms with Gasteiger partial charge in [0.15, 0.2) is 0 Å². The minimum atomic E-state index is -0.262. The van der Waals surface area contributed by atoms with Gasteiger partial charge in [-0.15, -0.1) is 0 Å². The quantitative estimate of drug-likeness (QED) is 0.788. The highest BCUT2D eigenvalue weighted by atomic mass is 35.5. The predicted molar refractivity (Wildman–Crippen MR) is 87.3 cm³/mol. The molecule has 0 saturated heterocycles. The zero-order valence-electron chi connectivity index (χ0n) is 12.2. The number of nitrogens with zero attached hydrogens (tertiary/aromatic N) is 1. The molecule has 0 bridgehead atoms. The van der Waals surface area contributed by atoms with Crippen LogP contribution in [0.3, 0.4) is 0 Å². The van der Waals surface area contributed by atoms with Crippen molar-refractivity contribution in [3.8, 4) is 11.3 Å². The van der Waals surface area contributed by atoms with Crippen molar-refractivity contribution in [1.82, 2.24) is 10.5 Å². The average Bonchev–Trinajstić information content (AvgIpc) is 2.85. The molecule has 5 nitrogen and oxygen atoms in total. The summed E-state index contributed by atoms with van der Waals surface area (Å²) < 4.78 is 5.16. The first kappa shape index (κ1) is 16.8. The van der Waals surface area contributed by atoms with Crippen LogP contribution in [0.1, 0.15) is 29.0 Å². The molecule has 0 radical (unpaired) electrons. The molecule has 22 heavy (non-hydrogen) atoms. The first-order valence-corrected chi connectivity index (χ1v) is 7.70. The summed E-state index contributed by atoms with van der Waals surface area (Å²) in [6.07, 6.45) is 1.67. The van der Waals surface area contributed by atoms with E-state index in [0.717, 1.165) is 12.8 Å². The van der Waals surface area contributed by atoms with Gasteiger partial charge in [0.05, 0.1) is 10.0 Å². The fraction of sp³-hybridized carbons (Fsp3) is 0.333. The van der Waals surface area contributed by atoms with Gasteiger partial charge in [-0.05, 0) is 38.4 Å². The first-order valence-electron chi connectivity index (χ1n) is 6.95. The first-order chi connectivity index (χ1) is 10.6. The highest BCUT2D eigenvalue weighted by Crippen LogP contribution is 2.36. The van der Waals surface area contributed by atoms with Gasteiger partial charge >= 0.3 is 0 Å². The molecule has 7 heteroatoms. The van der Waals surface area contributed by atoms with Gasteiger partial charge in [0.25, 0.3) is 5.91 Å². The highest BCUT2D eigenvalue weighted by molar-refractivity contribution is 6.39. The molecule has 1 amide bonds. The molecular formula is C15H17Cl2N3O2. The van der Waals surface area contributed by atoms with E-state index < -0.39 is 0 Å². The lowest BCUT2D eigenvalue weighted by Gasteiger charge is -2.07. The molecule has 0 atom stereocenters. The average molecular weight is 342 g/mol. The van der Waals surface area contributed by atoms with Crippen molar-refractivity contribution in [3.63, 3.8) is 0 Å². The molecule has 0 aliphatic rings. The van der Waals surface area contributed by atoms with E-state index in [2.05, 4.69) is 10.5 Å². The van der Waals surface area contributed by atoms with Gasteiger partial charge in [0.1, 0.15) is 17.0 Å². The number of hydrogen-bond acceptors (Lipinski definition) is 4. The van der Waals surface area contributed by atoms with E-state index in [9.17, 15) is 4.79 Å². The smallest absolute Gasteiger partial charge is 0.257 e. The number of nitrogens with one attached hydrogen (secondary N) is 1. The number of rotatable bonds is 6. The molecule has 0 aliphatic carbocycles. The predicted octanol–water partition coefficient (Wildman–Crippen LogP) is 3.43. The molecule has 0 aliphatic heterocycles.